The van der Waals surface area contributed by atoms with Crippen molar-refractivity contribution in [2.24, 2.45) is 0 Å². The lowest BCUT2D eigenvalue weighted by atomic mass is 10.3. The summed E-state index contributed by atoms with van der Waals surface area (Å²) in [5.74, 6) is -0.113. The summed E-state index contributed by atoms with van der Waals surface area (Å²) in [7, 11) is 0. The average molecular weight is 292 g/mol. The smallest absolute Gasteiger partial charge is 0.287 e. The SMILES string of the molecule is O=[N+]([O-])c1ccc(NC(=S)Nc2ccccc2F)nc1. The van der Waals surface area contributed by atoms with E-state index in [0.29, 0.717) is 5.82 Å². The van der Waals surface area contributed by atoms with E-state index in [2.05, 4.69) is 15.6 Å². The fourth-order valence-electron chi connectivity index (χ4n) is 1.40. The maximum absolute atomic E-state index is 13.4. The highest BCUT2D eigenvalue weighted by Gasteiger charge is 2.07. The van der Waals surface area contributed by atoms with Crippen LogP contribution in [-0.4, -0.2) is 15.0 Å². The van der Waals surface area contributed by atoms with Gasteiger partial charge in [-0.2, -0.15) is 0 Å². The van der Waals surface area contributed by atoms with Crippen LogP contribution in [0.1, 0.15) is 0 Å². The number of aromatic nitrogens is 1. The van der Waals surface area contributed by atoms with Gasteiger partial charge < -0.3 is 10.6 Å². The number of halogens is 1. The van der Waals surface area contributed by atoms with Gasteiger partial charge in [-0.3, -0.25) is 10.1 Å². The summed E-state index contributed by atoms with van der Waals surface area (Å²) in [5.41, 5.74) is 0.107. The van der Waals surface area contributed by atoms with Gasteiger partial charge in [0.25, 0.3) is 5.69 Å². The largest absolute Gasteiger partial charge is 0.330 e. The summed E-state index contributed by atoms with van der Waals surface area (Å²) in [6.45, 7) is 0. The lowest BCUT2D eigenvalue weighted by Crippen LogP contribution is -2.20. The van der Waals surface area contributed by atoms with E-state index in [1.165, 1.54) is 24.3 Å². The van der Waals surface area contributed by atoms with E-state index >= 15 is 0 Å². The number of rotatable bonds is 3. The van der Waals surface area contributed by atoms with E-state index in [1.54, 1.807) is 12.1 Å². The number of pyridine rings is 1. The van der Waals surface area contributed by atoms with Crippen LogP contribution in [0.3, 0.4) is 0 Å². The number of hydrogen-bond donors (Lipinski definition) is 2. The zero-order valence-corrected chi connectivity index (χ0v) is 10.9. The monoisotopic (exact) mass is 292 g/mol. The van der Waals surface area contributed by atoms with Crippen LogP contribution in [0.2, 0.25) is 0 Å². The molecule has 0 saturated heterocycles. The van der Waals surface area contributed by atoms with E-state index in [4.69, 9.17) is 12.2 Å². The van der Waals surface area contributed by atoms with Crippen molar-refractivity contribution in [3.63, 3.8) is 0 Å². The number of nitrogens with one attached hydrogen (secondary N) is 2. The van der Waals surface area contributed by atoms with Crippen molar-refractivity contribution in [3.05, 3.63) is 58.5 Å². The number of nitrogens with zero attached hydrogens (tertiary/aromatic N) is 2. The third-order valence-corrected chi connectivity index (χ3v) is 2.53. The molecule has 0 bridgehead atoms. The Morgan fingerprint density at radius 2 is 2.00 bits per heavy atom. The molecule has 0 saturated carbocycles. The Bertz CT molecular complexity index is 648. The van der Waals surface area contributed by atoms with Crippen molar-refractivity contribution in [2.75, 3.05) is 10.6 Å². The Morgan fingerprint density at radius 3 is 2.60 bits per heavy atom. The molecule has 2 rings (SSSR count). The fraction of sp³-hybridized carbons (Fsp3) is 0. The Balaban J connectivity index is 2.01. The second-order valence-corrected chi connectivity index (χ2v) is 4.13. The first-order valence-corrected chi connectivity index (χ1v) is 5.90. The van der Waals surface area contributed by atoms with Crippen molar-refractivity contribution in [2.45, 2.75) is 0 Å². The first-order chi connectivity index (χ1) is 9.56. The summed E-state index contributed by atoms with van der Waals surface area (Å²) in [4.78, 5) is 13.8. The molecule has 0 unspecified atom stereocenters. The van der Waals surface area contributed by atoms with Gasteiger partial charge in [-0.1, -0.05) is 12.1 Å². The minimum absolute atomic E-state index is 0.122. The van der Waals surface area contributed by atoms with Gasteiger partial charge in [-0.25, -0.2) is 9.37 Å². The van der Waals surface area contributed by atoms with Gasteiger partial charge in [0.1, 0.15) is 17.8 Å². The molecule has 0 aliphatic rings. The topological polar surface area (TPSA) is 80.1 Å². The van der Waals surface area contributed by atoms with E-state index in [9.17, 15) is 14.5 Å². The minimum Gasteiger partial charge on any atom is -0.330 e. The third-order valence-electron chi connectivity index (χ3n) is 2.32. The van der Waals surface area contributed by atoms with Crippen LogP contribution in [0, 0.1) is 15.9 Å². The van der Waals surface area contributed by atoms with Gasteiger partial charge in [0.15, 0.2) is 5.11 Å². The van der Waals surface area contributed by atoms with Gasteiger partial charge >= 0.3 is 0 Å². The van der Waals surface area contributed by atoms with Crippen LogP contribution in [0.5, 0.6) is 0 Å². The molecule has 2 N–H and O–H groups in total. The zero-order chi connectivity index (χ0) is 14.5. The minimum atomic E-state index is -0.549. The molecule has 0 aliphatic heterocycles. The molecule has 6 nitrogen and oxygen atoms in total. The Kier molecular flexibility index (Phi) is 4.16. The van der Waals surface area contributed by atoms with Gasteiger partial charge in [-0.05, 0) is 30.4 Å². The zero-order valence-electron chi connectivity index (χ0n) is 10.0. The summed E-state index contributed by atoms with van der Waals surface area (Å²) in [6, 6.07) is 8.77. The number of thiocarbonyl (C=S) groups is 1. The predicted molar refractivity (Wildman–Crippen MR) is 77.1 cm³/mol. The Morgan fingerprint density at radius 1 is 1.25 bits per heavy atom. The van der Waals surface area contributed by atoms with Crippen LogP contribution in [0.25, 0.3) is 0 Å². The van der Waals surface area contributed by atoms with E-state index in [0.717, 1.165) is 6.20 Å². The number of hydrogen-bond acceptors (Lipinski definition) is 4. The highest BCUT2D eigenvalue weighted by Crippen LogP contribution is 2.14. The highest BCUT2D eigenvalue weighted by atomic mass is 32.1. The van der Waals surface area contributed by atoms with Crippen LogP contribution in [0.15, 0.2) is 42.6 Å². The molecule has 0 radical (unpaired) electrons. The quantitative estimate of drug-likeness (QED) is 0.514. The molecule has 8 heteroatoms. The number of benzene rings is 1. The summed E-state index contributed by atoms with van der Waals surface area (Å²) in [5, 5.41) is 16.0. The molecule has 1 aromatic heterocycles. The molecular formula is C12H9FN4O2S. The first-order valence-electron chi connectivity index (χ1n) is 5.49. The average Bonchev–Trinajstić information content (AvgIpc) is 2.42. The summed E-state index contributed by atoms with van der Waals surface area (Å²) >= 11 is 5.00. The molecule has 0 spiro atoms. The molecule has 0 atom stereocenters. The lowest BCUT2D eigenvalue weighted by molar-refractivity contribution is -0.385. The van der Waals surface area contributed by atoms with E-state index < -0.39 is 10.7 Å². The van der Waals surface area contributed by atoms with Gasteiger partial charge in [0, 0.05) is 6.07 Å². The fourth-order valence-corrected chi connectivity index (χ4v) is 1.61. The standard InChI is InChI=1S/C12H9FN4O2S/c13-9-3-1-2-4-10(9)15-12(20)16-11-6-5-8(7-14-11)17(18)19/h1-7H,(H2,14,15,16,20). The second-order valence-electron chi connectivity index (χ2n) is 3.72. The van der Waals surface area contributed by atoms with Crippen molar-refractivity contribution >= 4 is 34.5 Å². The van der Waals surface area contributed by atoms with Crippen LogP contribution >= 0.6 is 12.2 Å². The van der Waals surface area contributed by atoms with Crippen LogP contribution in [0.4, 0.5) is 21.6 Å². The number of anilines is 2. The molecule has 0 aliphatic carbocycles. The van der Waals surface area contributed by atoms with Crippen molar-refractivity contribution in [1.29, 1.82) is 0 Å². The van der Waals surface area contributed by atoms with Gasteiger partial charge in [0.2, 0.25) is 0 Å². The number of para-hydroxylation sites is 1. The Labute approximate surface area is 118 Å². The van der Waals surface area contributed by atoms with Crippen LogP contribution in [-0.2, 0) is 0 Å². The van der Waals surface area contributed by atoms with Gasteiger partial charge in [0.05, 0.1) is 10.6 Å². The molecule has 0 fully saturated rings. The third kappa shape index (κ3) is 3.45. The summed E-state index contributed by atoms with van der Waals surface area (Å²) in [6.07, 6.45) is 1.11. The first kappa shape index (κ1) is 13.8. The van der Waals surface area contributed by atoms with Crippen LogP contribution < -0.4 is 10.6 Å². The van der Waals surface area contributed by atoms with Crippen molar-refractivity contribution < 1.29 is 9.31 Å². The Hall–Kier alpha value is -2.61. The predicted octanol–water partition coefficient (Wildman–Crippen LogP) is 2.94. The molecular weight excluding hydrogens is 283 g/mol. The number of nitro groups is 1. The molecule has 1 heterocycles. The van der Waals surface area contributed by atoms with Crippen molar-refractivity contribution in [3.8, 4) is 0 Å². The van der Waals surface area contributed by atoms with E-state index in [-0.39, 0.29) is 16.5 Å². The van der Waals surface area contributed by atoms with Gasteiger partial charge in [-0.15, -0.1) is 0 Å². The summed E-state index contributed by atoms with van der Waals surface area (Å²) < 4.78 is 13.4. The molecule has 20 heavy (non-hydrogen) atoms. The maximum Gasteiger partial charge on any atom is 0.287 e. The second kappa shape index (κ2) is 6.02. The normalized spacial score (nSPS) is 9.85. The molecule has 2 aromatic rings. The molecule has 102 valence electrons. The molecule has 0 amide bonds. The lowest BCUT2D eigenvalue weighted by Gasteiger charge is -2.10. The van der Waals surface area contributed by atoms with E-state index in [1.807, 2.05) is 0 Å². The van der Waals surface area contributed by atoms with Crippen molar-refractivity contribution in [1.82, 2.24) is 4.98 Å². The maximum atomic E-state index is 13.4. The highest BCUT2D eigenvalue weighted by molar-refractivity contribution is 7.80. The molecule has 1 aromatic carbocycles.